The van der Waals surface area contributed by atoms with Crippen LogP contribution in [0.5, 0.6) is 11.5 Å². The first kappa shape index (κ1) is 17.4. The van der Waals surface area contributed by atoms with Gasteiger partial charge < -0.3 is 19.8 Å². The lowest BCUT2D eigenvalue weighted by atomic mass is 10.3. The van der Waals surface area contributed by atoms with Gasteiger partial charge in [-0.05, 0) is 30.3 Å². The van der Waals surface area contributed by atoms with E-state index >= 15 is 0 Å². The molecule has 0 fully saturated rings. The number of rotatable bonds is 6. The number of aromatic nitrogens is 2. The second-order valence-electron chi connectivity index (χ2n) is 5.11. The van der Waals surface area contributed by atoms with Crippen LogP contribution in [-0.2, 0) is 4.79 Å². The molecule has 0 unspecified atom stereocenters. The van der Waals surface area contributed by atoms with Gasteiger partial charge in [0.05, 0.1) is 36.0 Å². The number of ether oxygens (including phenoxy) is 2. The Labute approximate surface area is 153 Å². The highest BCUT2D eigenvalue weighted by Gasteiger charge is 2.09. The molecule has 1 aromatic heterocycles. The molecule has 0 atom stereocenters. The van der Waals surface area contributed by atoms with Crippen LogP contribution in [0.4, 0.5) is 5.69 Å². The number of nitrogens with one attached hydrogen (secondary N) is 2. The van der Waals surface area contributed by atoms with Gasteiger partial charge in [0.1, 0.15) is 11.5 Å². The average Bonchev–Trinajstić information content (AvgIpc) is 3.02. The lowest BCUT2D eigenvalue weighted by Crippen LogP contribution is -2.14. The first-order valence-electron chi connectivity index (χ1n) is 7.39. The number of methoxy groups -OCH3 is 2. The second kappa shape index (κ2) is 7.67. The number of thioether (sulfide) groups is 1. The standard InChI is InChI=1S/C17H16ClN3O3S/c1-23-11-4-5-13-14(8-11)21-17(20-13)25-9-16(22)19-10-3-6-15(24-2)12(18)7-10/h3-8H,9H2,1-2H3,(H,19,22)(H,20,21). The Bertz CT molecular complexity index is 913. The van der Waals surface area contributed by atoms with Gasteiger partial charge in [0.2, 0.25) is 5.91 Å². The van der Waals surface area contributed by atoms with Crippen molar-refractivity contribution in [3.8, 4) is 11.5 Å². The molecule has 0 saturated heterocycles. The van der Waals surface area contributed by atoms with E-state index in [0.717, 1.165) is 16.8 Å². The zero-order valence-electron chi connectivity index (χ0n) is 13.6. The maximum atomic E-state index is 12.1. The highest BCUT2D eigenvalue weighted by Crippen LogP contribution is 2.27. The van der Waals surface area contributed by atoms with Gasteiger partial charge in [-0.2, -0.15) is 0 Å². The van der Waals surface area contributed by atoms with Crippen molar-refractivity contribution < 1.29 is 14.3 Å². The molecule has 0 spiro atoms. The van der Waals surface area contributed by atoms with Crippen LogP contribution < -0.4 is 14.8 Å². The Kier molecular flexibility index (Phi) is 5.35. The Morgan fingerprint density at radius 2 is 2.08 bits per heavy atom. The first-order chi connectivity index (χ1) is 12.1. The topological polar surface area (TPSA) is 76.2 Å². The fourth-order valence-corrected chi connectivity index (χ4v) is 3.18. The van der Waals surface area contributed by atoms with E-state index in [1.165, 1.54) is 11.8 Å². The Morgan fingerprint density at radius 3 is 2.80 bits per heavy atom. The number of halogens is 1. The molecule has 130 valence electrons. The number of carbonyl (C=O) groups excluding carboxylic acids is 1. The summed E-state index contributed by atoms with van der Waals surface area (Å²) >= 11 is 7.37. The number of fused-ring (bicyclic) bond motifs is 1. The van der Waals surface area contributed by atoms with Gasteiger partial charge in [-0.15, -0.1) is 0 Å². The van der Waals surface area contributed by atoms with Crippen LogP contribution in [0.2, 0.25) is 5.02 Å². The number of H-pyrrole nitrogens is 1. The van der Waals surface area contributed by atoms with Crippen LogP contribution in [0.1, 0.15) is 0 Å². The molecular weight excluding hydrogens is 362 g/mol. The SMILES string of the molecule is COc1ccc2nc(SCC(=O)Nc3ccc(OC)c(Cl)c3)[nH]c2c1. The van der Waals surface area contributed by atoms with E-state index in [-0.39, 0.29) is 11.7 Å². The minimum atomic E-state index is -0.149. The number of carbonyl (C=O) groups is 1. The summed E-state index contributed by atoms with van der Waals surface area (Å²) < 4.78 is 10.3. The molecule has 2 N–H and O–H groups in total. The summed E-state index contributed by atoms with van der Waals surface area (Å²) in [5.41, 5.74) is 2.31. The molecule has 25 heavy (non-hydrogen) atoms. The zero-order chi connectivity index (χ0) is 17.8. The van der Waals surface area contributed by atoms with Crippen LogP contribution in [0, 0.1) is 0 Å². The third-order valence-electron chi connectivity index (χ3n) is 3.44. The van der Waals surface area contributed by atoms with Crippen LogP contribution >= 0.6 is 23.4 Å². The quantitative estimate of drug-likeness (QED) is 0.636. The third kappa shape index (κ3) is 4.18. The summed E-state index contributed by atoms with van der Waals surface area (Å²) in [6, 6.07) is 10.7. The van der Waals surface area contributed by atoms with Gasteiger partial charge >= 0.3 is 0 Å². The smallest absolute Gasteiger partial charge is 0.234 e. The fourth-order valence-electron chi connectivity index (χ4n) is 2.24. The summed E-state index contributed by atoms with van der Waals surface area (Å²) in [5, 5.41) is 3.91. The molecule has 0 aliphatic carbocycles. The molecule has 0 aliphatic heterocycles. The number of aromatic amines is 1. The largest absolute Gasteiger partial charge is 0.497 e. The molecule has 2 aromatic carbocycles. The van der Waals surface area contributed by atoms with Gasteiger partial charge in [-0.3, -0.25) is 4.79 Å². The van der Waals surface area contributed by atoms with Crippen LogP contribution in [-0.4, -0.2) is 35.8 Å². The highest BCUT2D eigenvalue weighted by molar-refractivity contribution is 7.99. The number of hydrogen-bond donors (Lipinski definition) is 2. The zero-order valence-corrected chi connectivity index (χ0v) is 15.2. The predicted molar refractivity (Wildman–Crippen MR) is 100 cm³/mol. The van der Waals surface area contributed by atoms with Crippen molar-refractivity contribution in [3.05, 3.63) is 41.4 Å². The maximum Gasteiger partial charge on any atom is 0.234 e. The molecule has 1 heterocycles. The number of imidazole rings is 1. The van der Waals surface area contributed by atoms with Gasteiger partial charge in [0.15, 0.2) is 5.16 Å². The van der Waals surface area contributed by atoms with Crippen molar-refractivity contribution in [1.82, 2.24) is 9.97 Å². The lowest BCUT2D eigenvalue weighted by molar-refractivity contribution is -0.113. The van der Waals surface area contributed by atoms with E-state index in [2.05, 4.69) is 15.3 Å². The Hall–Kier alpha value is -2.38. The van der Waals surface area contributed by atoms with Crippen LogP contribution in [0.15, 0.2) is 41.6 Å². The third-order valence-corrected chi connectivity index (χ3v) is 4.61. The number of amides is 1. The van der Waals surface area contributed by atoms with Crippen molar-refractivity contribution >= 4 is 46.0 Å². The monoisotopic (exact) mass is 377 g/mol. The molecule has 1 amide bonds. The Balaban J connectivity index is 1.61. The van der Waals surface area contributed by atoms with Crippen molar-refractivity contribution in [3.63, 3.8) is 0 Å². The molecular formula is C17H16ClN3O3S. The second-order valence-corrected chi connectivity index (χ2v) is 6.48. The molecule has 0 aliphatic rings. The predicted octanol–water partition coefficient (Wildman–Crippen LogP) is 3.96. The minimum absolute atomic E-state index is 0.149. The highest BCUT2D eigenvalue weighted by atomic mass is 35.5. The van der Waals surface area contributed by atoms with Crippen molar-refractivity contribution in [2.24, 2.45) is 0 Å². The minimum Gasteiger partial charge on any atom is -0.497 e. The summed E-state index contributed by atoms with van der Waals surface area (Å²) in [5.74, 6) is 1.39. The number of benzene rings is 2. The molecule has 3 aromatic rings. The number of nitrogens with zero attached hydrogens (tertiary/aromatic N) is 1. The molecule has 8 heteroatoms. The van der Waals surface area contributed by atoms with Crippen LogP contribution in [0.25, 0.3) is 11.0 Å². The lowest BCUT2D eigenvalue weighted by Gasteiger charge is -2.07. The average molecular weight is 378 g/mol. The summed E-state index contributed by atoms with van der Waals surface area (Å²) in [4.78, 5) is 19.7. The first-order valence-corrected chi connectivity index (χ1v) is 8.75. The van der Waals surface area contributed by atoms with Gasteiger partial charge in [0, 0.05) is 11.8 Å². The van der Waals surface area contributed by atoms with E-state index < -0.39 is 0 Å². The number of anilines is 1. The summed E-state index contributed by atoms with van der Waals surface area (Å²) in [6.45, 7) is 0. The van der Waals surface area contributed by atoms with Crippen molar-refractivity contribution in [2.45, 2.75) is 5.16 Å². The molecule has 0 bridgehead atoms. The molecule has 0 saturated carbocycles. The molecule has 6 nitrogen and oxygen atoms in total. The van der Waals surface area contributed by atoms with E-state index in [9.17, 15) is 4.79 Å². The van der Waals surface area contributed by atoms with Crippen molar-refractivity contribution in [2.75, 3.05) is 25.3 Å². The van der Waals surface area contributed by atoms with Gasteiger partial charge in [-0.1, -0.05) is 23.4 Å². The summed E-state index contributed by atoms with van der Waals surface area (Å²) in [6.07, 6.45) is 0. The molecule has 0 radical (unpaired) electrons. The number of hydrogen-bond acceptors (Lipinski definition) is 5. The van der Waals surface area contributed by atoms with Crippen molar-refractivity contribution in [1.29, 1.82) is 0 Å². The summed E-state index contributed by atoms with van der Waals surface area (Å²) in [7, 11) is 3.15. The van der Waals surface area contributed by atoms with E-state index in [0.29, 0.717) is 21.6 Å². The van der Waals surface area contributed by atoms with Gasteiger partial charge in [-0.25, -0.2) is 4.98 Å². The van der Waals surface area contributed by atoms with E-state index in [1.807, 2.05) is 18.2 Å². The maximum absolute atomic E-state index is 12.1. The fraction of sp³-hybridized carbons (Fsp3) is 0.176. The normalized spacial score (nSPS) is 10.7. The van der Waals surface area contributed by atoms with Crippen LogP contribution in [0.3, 0.4) is 0 Å². The van der Waals surface area contributed by atoms with Gasteiger partial charge in [0.25, 0.3) is 0 Å². The van der Waals surface area contributed by atoms with E-state index in [1.54, 1.807) is 32.4 Å². The molecule has 3 rings (SSSR count). The Morgan fingerprint density at radius 1 is 1.24 bits per heavy atom. The van der Waals surface area contributed by atoms with E-state index in [4.69, 9.17) is 21.1 Å².